The second-order valence-corrected chi connectivity index (χ2v) is 5.93. The van der Waals surface area contributed by atoms with Crippen molar-refractivity contribution in [1.29, 1.82) is 0 Å². The molecule has 0 bridgehead atoms. The molecule has 2 unspecified atom stereocenters. The van der Waals surface area contributed by atoms with Crippen LogP contribution in [-0.4, -0.2) is 23.5 Å². The maximum atomic E-state index is 13.1. The highest BCUT2D eigenvalue weighted by molar-refractivity contribution is 9.10. The summed E-state index contributed by atoms with van der Waals surface area (Å²) in [4.78, 5) is 5.63. The third kappa shape index (κ3) is 2.99. The third-order valence-corrected chi connectivity index (χ3v) is 4.20. The number of hydrogen-bond donors (Lipinski definition) is 0. The van der Waals surface area contributed by atoms with Crippen LogP contribution < -0.4 is 4.90 Å². The van der Waals surface area contributed by atoms with E-state index < -0.39 is 11.7 Å². The Morgan fingerprint density at radius 3 is 2.79 bits per heavy atom. The van der Waals surface area contributed by atoms with E-state index in [1.165, 1.54) is 6.20 Å². The molecule has 2 rings (SSSR count). The number of hydrogen-bond acceptors (Lipinski definition) is 2. The van der Waals surface area contributed by atoms with Crippen molar-refractivity contribution in [3.63, 3.8) is 0 Å². The highest BCUT2D eigenvalue weighted by Crippen LogP contribution is 2.40. The predicted molar refractivity (Wildman–Crippen MR) is 72.6 cm³/mol. The van der Waals surface area contributed by atoms with Crippen LogP contribution in [0.4, 0.5) is 19.0 Å². The summed E-state index contributed by atoms with van der Waals surface area (Å²) in [7, 11) is 0. The van der Waals surface area contributed by atoms with Crippen LogP contribution >= 0.6 is 27.5 Å². The largest absolute Gasteiger partial charge is 0.419 e. The van der Waals surface area contributed by atoms with Gasteiger partial charge in [-0.2, -0.15) is 13.2 Å². The zero-order valence-electron chi connectivity index (χ0n) is 10.2. The lowest BCUT2D eigenvalue weighted by Crippen LogP contribution is -2.35. The van der Waals surface area contributed by atoms with E-state index in [9.17, 15) is 13.2 Å². The second-order valence-electron chi connectivity index (χ2n) is 4.70. The molecule has 0 saturated carbocycles. The van der Waals surface area contributed by atoms with Gasteiger partial charge in [0.15, 0.2) is 0 Å². The molecule has 1 aromatic rings. The van der Waals surface area contributed by atoms with E-state index in [0.717, 1.165) is 12.5 Å². The van der Waals surface area contributed by atoms with Crippen LogP contribution in [0.2, 0.25) is 0 Å². The molecule has 0 radical (unpaired) electrons. The standard InChI is InChI=1S/C12H13BrClF3N2/c1-7-2-3-19(10(7)5-14)11-9(12(15,16)17)4-8(13)6-18-11/h4,6-7,10H,2-3,5H2,1H3. The lowest BCUT2D eigenvalue weighted by Gasteiger charge is -2.28. The van der Waals surface area contributed by atoms with E-state index >= 15 is 0 Å². The normalized spacial score (nSPS) is 24.0. The zero-order chi connectivity index (χ0) is 14.2. The number of rotatable bonds is 2. The lowest BCUT2D eigenvalue weighted by molar-refractivity contribution is -0.137. The van der Waals surface area contributed by atoms with E-state index in [0.29, 0.717) is 16.9 Å². The number of alkyl halides is 4. The molecule has 1 saturated heterocycles. The fourth-order valence-corrected chi connectivity index (χ4v) is 3.18. The fourth-order valence-electron chi connectivity index (χ4n) is 2.38. The summed E-state index contributed by atoms with van der Waals surface area (Å²) >= 11 is 8.92. The highest BCUT2D eigenvalue weighted by atomic mass is 79.9. The average molecular weight is 358 g/mol. The molecule has 0 aromatic carbocycles. The van der Waals surface area contributed by atoms with Gasteiger partial charge < -0.3 is 4.90 Å². The molecule has 0 aliphatic carbocycles. The summed E-state index contributed by atoms with van der Waals surface area (Å²) < 4.78 is 39.6. The predicted octanol–water partition coefficient (Wildman–Crippen LogP) is 4.32. The molecular formula is C12H13BrClF3N2. The summed E-state index contributed by atoms with van der Waals surface area (Å²) in [5.74, 6) is 0.547. The minimum Gasteiger partial charge on any atom is -0.352 e. The van der Waals surface area contributed by atoms with Gasteiger partial charge in [-0.3, -0.25) is 0 Å². The first-order valence-electron chi connectivity index (χ1n) is 5.90. The van der Waals surface area contributed by atoms with Crippen LogP contribution in [0.5, 0.6) is 0 Å². The molecule has 106 valence electrons. The molecule has 19 heavy (non-hydrogen) atoms. The second kappa shape index (κ2) is 5.48. The Hall–Kier alpha value is -0.490. The van der Waals surface area contributed by atoms with E-state index in [1.54, 1.807) is 4.90 Å². The summed E-state index contributed by atoms with van der Waals surface area (Å²) in [5, 5.41) is 0. The minimum absolute atomic E-state index is 0.0225. The molecular weight excluding hydrogens is 344 g/mol. The Kier molecular flexibility index (Phi) is 4.30. The molecule has 1 aliphatic rings. The van der Waals surface area contributed by atoms with Gasteiger partial charge in [-0.05, 0) is 34.3 Å². The Labute approximate surface area is 123 Å². The molecule has 0 N–H and O–H groups in total. The summed E-state index contributed by atoms with van der Waals surface area (Å²) in [6.07, 6.45) is -2.21. The van der Waals surface area contributed by atoms with Gasteiger partial charge in [0.25, 0.3) is 0 Å². The van der Waals surface area contributed by atoms with Crippen molar-refractivity contribution in [2.24, 2.45) is 5.92 Å². The first-order chi connectivity index (χ1) is 8.84. The summed E-state index contributed by atoms with van der Waals surface area (Å²) in [6, 6.07) is 0.966. The van der Waals surface area contributed by atoms with Crippen LogP contribution in [0.3, 0.4) is 0 Å². The molecule has 1 fully saturated rings. The quantitative estimate of drug-likeness (QED) is 0.733. The molecule has 7 heteroatoms. The monoisotopic (exact) mass is 356 g/mol. The van der Waals surface area contributed by atoms with Gasteiger partial charge in [-0.15, -0.1) is 11.6 Å². The molecule has 2 heterocycles. The maximum Gasteiger partial charge on any atom is 0.419 e. The summed E-state index contributed by atoms with van der Waals surface area (Å²) in [5.41, 5.74) is -0.717. The first-order valence-corrected chi connectivity index (χ1v) is 7.22. The van der Waals surface area contributed by atoms with Gasteiger partial charge in [-0.25, -0.2) is 4.98 Å². The molecule has 1 aromatic heterocycles. The highest BCUT2D eigenvalue weighted by Gasteiger charge is 2.40. The smallest absolute Gasteiger partial charge is 0.352 e. The van der Waals surface area contributed by atoms with Crippen LogP contribution in [0.1, 0.15) is 18.9 Å². The minimum atomic E-state index is -4.42. The Balaban J connectivity index is 2.45. The van der Waals surface area contributed by atoms with Gasteiger partial charge in [0.1, 0.15) is 5.82 Å². The molecule has 0 amide bonds. The topological polar surface area (TPSA) is 16.1 Å². The van der Waals surface area contributed by atoms with E-state index in [4.69, 9.17) is 11.6 Å². The van der Waals surface area contributed by atoms with Crippen molar-refractivity contribution in [2.45, 2.75) is 25.6 Å². The van der Waals surface area contributed by atoms with Gasteiger partial charge in [0, 0.05) is 29.1 Å². The van der Waals surface area contributed by atoms with E-state index in [1.807, 2.05) is 6.92 Å². The average Bonchev–Trinajstić information content (AvgIpc) is 2.69. The zero-order valence-corrected chi connectivity index (χ0v) is 12.6. The SMILES string of the molecule is CC1CCN(c2ncc(Br)cc2C(F)(F)F)C1CCl. The van der Waals surface area contributed by atoms with Gasteiger partial charge in [0.2, 0.25) is 0 Å². The summed E-state index contributed by atoms with van der Waals surface area (Å²) in [6.45, 7) is 2.55. The van der Waals surface area contributed by atoms with Crippen molar-refractivity contribution < 1.29 is 13.2 Å². The first kappa shape index (κ1) is 14.9. The Bertz CT molecular complexity index is 467. The number of halogens is 5. The number of pyridine rings is 1. The fraction of sp³-hybridized carbons (Fsp3) is 0.583. The van der Waals surface area contributed by atoms with Crippen molar-refractivity contribution in [1.82, 2.24) is 4.98 Å². The van der Waals surface area contributed by atoms with Gasteiger partial charge >= 0.3 is 6.18 Å². The Morgan fingerprint density at radius 2 is 2.21 bits per heavy atom. The number of aromatic nitrogens is 1. The van der Waals surface area contributed by atoms with Crippen molar-refractivity contribution in [3.05, 3.63) is 22.3 Å². The van der Waals surface area contributed by atoms with Crippen LogP contribution in [0, 0.1) is 5.92 Å². The van der Waals surface area contributed by atoms with Crippen LogP contribution in [-0.2, 0) is 6.18 Å². The van der Waals surface area contributed by atoms with Crippen LogP contribution in [0.25, 0.3) is 0 Å². The number of nitrogens with zero attached hydrogens (tertiary/aromatic N) is 2. The maximum absolute atomic E-state index is 13.1. The molecule has 1 aliphatic heterocycles. The van der Waals surface area contributed by atoms with E-state index in [-0.39, 0.29) is 17.8 Å². The Morgan fingerprint density at radius 1 is 1.53 bits per heavy atom. The van der Waals surface area contributed by atoms with Gasteiger partial charge in [-0.1, -0.05) is 6.92 Å². The van der Waals surface area contributed by atoms with Crippen molar-refractivity contribution >= 4 is 33.3 Å². The molecule has 2 nitrogen and oxygen atoms in total. The lowest BCUT2D eigenvalue weighted by atomic mass is 10.0. The molecule has 0 spiro atoms. The van der Waals surface area contributed by atoms with Crippen LogP contribution in [0.15, 0.2) is 16.7 Å². The van der Waals surface area contributed by atoms with Crippen molar-refractivity contribution in [3.8, 4) is 0 Å². The van der Waals surface area contributed by atoms with E-state index in [2.05, 4.69) is 20.9 Å². The number of anilines is 1. The third-order valence-electron chi connectivity index (χ3n) is 3.45. The van der Waals surface area contributed by atoms with Crippen molar-refractivity contribution in [2.75, 3.05) is 17.3 Å². The molecule has 2 atom stereocenters. The van der Waals surface area contributed by atoms with Gasteiger partial charge in [0.05, 0.1) is 5.56 Å².